The topological polar surface area (TPSA) is 112 Å². The molecule has 1 aromatic rings. The van der Waals surface area contributed by atoms with Crippen LogP contribution in [0.3, 0.4) is 0 Å². The number of aliphatic hydroxyl groups is 2. The van der Waals surface area contributed by atoms with Crippen molar-refractivity contribution in [2.24, 2.45) is 0 Å². The maximum atomic E-state index is 14.0. The summed E-state index contributed by atoms with van der Waals surface area (Å²) in [5, 5.41) is 24.0. The lowest BCUT2D eigenvalue weighted by Gasteiger charge is -2.44. The lowest BCUT2D eigenvalue weighted by molar-refractivity contribution is -0.143. The van der Waals surface area contributed by atoms with Crippen molar-refractivity contribution in [2.45, 2.75) is 37.4 Å². The van der Waals surface area contributed by atoms with Crippen LogP contribution in [0.15, 0.2) is 40.9 Å². The highest BCUT2D eigenvalue weighted by Crippen LogP contribution is 2.47. The van der Waals surface area contributed by atoms with E-state index in [0.717, 1.165) is 6.07 Å². The maximum Gasteiger partial charge on any atom is 0.276 e. The van der Waals surface area contributed by atoms with E-state index in [4.69, 9.17) is 9.47 Å². The van der Waals surface area contributed by atoms with E-state index in [9.17, 15) is 28.6 Å². The van der Waals surface area contributed by atoms with E-state index in [0.29, 0.717) is 25.6 Å². The van der Waals surface area contributed by atoms with Crippen LogP contribution in [-0.4, -0.2) is 76.6 Å². The highest BCUT2D eigenvalue weighted by atomic mass is 19.1. The number of hydrogen-bond donors (Lipinski definition) is 3. The highest BCUT2D eigenvalue weighted by Gasteiger charge is 2.58. The number of amides is 2. The fraction of sp³-hybridized carbons (Fsp3) is 0.429. The number of carbonyl (C=O) groups is 2. The van der Waals surface area contributed by atoms with Gasteiger partial charge in [0.05, 0.1) is 30.0 Å². The second-order valence-corrected chi connectivity index (χ2v) is 8.01. The maximum absolute atomic E-state index is 14.0. The van der Waals surface area contributed by atoms with Gasteiger partial charge in [-0.2, -0.15) is 0 Å². The molecular formula is C21H21F2N3O6. The molecule has 0 aliphatic carbocycles. The Morgan fingerprint density at radius 3 is 2.88 bits per heavy atom. The predicted molar refractivity (Wildman–Crippen MR) is 103 cm³/mol. The van der Waals surface area contributed by atoms with Gasteiger partial charge in [0.15, 0.2) is 12.0 Å². The van der Waals surface area contributed by atoms with Gasteiger partial charge in [0.1, 0.15) is 23.4 Å². The third-order valence-corrected chi connectivity index (χ3v) is 6.35. The van der Waals surface area contributed by atoms with Crippen molar-refractivity contribution in [3.8, 4) is 0 Å². The van der Waals surface area contributed by atoms with Crippen molar-refractivity contribution >= 4 is 11.8 Å². The molecule has 3 saturated heterocycles. The first kappa shape index (κ1) is 20.9. The van der Waals surface area contributed by atoms with Crippen molar-refractivity contribution < 1.29 is 38.1 Å². The molecule has 3 fully saturated rings. The predicted octanol–water partition coefficient (Wildman–Crippen LogP) is 0.267. The van der Waals surface area contributed by atoms with Gasteiger partial charge in [-0.15, -0.1) is 0 Å². The zero-order valence-corrected chi connectivity index (χ0v) is 17.0. The molecule has 3 N–H and O–H groups in total. The van der Waals surface area contributed by atoms with Crippen LogP contribution >= 0.6 is 0 Å². The van der Waals surface area contributed by atoms with E-state index in [1.165, 1.54) is 23.0 Å². The largest absolute Gasteiger partial charge is 0.507 e. The monoisotopic (exact) mass is 449 g/mol. The molecule has 4 unspecified atom stereocenters. The van der Waals surface area contributed by atoms with Gasteiger partial charge in [-0.1, -0.05) is 6.07 Å². The molecule has 11 heteroatoms. The average Bonchev–Trinajstić information content (AvgIpc) is 3.38. The van der Waals surface area contributed by atoms with Crippen molar-refractivity contribution in [3.63, 3.8) is 0 Å². The van der Waals surface area contributed by atoms with Crippen molar-refractivity contribution in [2.75, 3.05) is 20.3 Å². The summed E-state index contributed by atoms with van der Waals surface area (Å²) in [5.41, 5.74) is 0.0208. The second-order valence-electron chi connectivity index (χ2n) is 8.01. The zero-order chi connectivity index (χ0) is 22.7. The third-order valence-electron chi connectivity index (χ3n) is 6.35. The first-order valence-electron chi connectivity index (χ1n) is 10.2. The van der Waals surface area contributed by atoms with Crippen molar-refractivity contribution in [1.29, 1.82) is 0 Å². The van der Waals surface area contributed by atoms with Crippen LogP contribution < -0.4 is 5.32 Å². The van der Waals surface area contributed by atoms with Crippen LogP contribution in [0.4, 0.5) is 8.78 Å². The standard InChI is InChI=1S/C21H21F2N3O6/c1-31-13-7-12-21-25(4-5-32-21)20(30)16-18(28)17(27)14(15(13)26(12)16)19(29)24-8-9-2-3-10(22)6-11(9)23/h2-3,6,12-13,17,21,27-28H,4-5,7-8H2,1H3,(H,24,29). The molecule has 2 amide bonds. The second kappa shape index (κ2) is 7.54. The van der Waals surface area contributed by atoms with Crippen LogP contribution in [0.2, 0.25) is 0 Å². The Morgan fingerprint density at radius 1 is 1.38 bits per heavy atom. The quantitative estimate of drug-likeness (QED) is 0.605. The summed E-state index contributed by atoms with van der Waals surface area (Å²) in [7, 11) is 1.44. The Kier molecular flexibility index (Phi) is 4.91. The van der Waals surface area contributed by atoms with Gasteiger partial charge < -0.3 is 34.8 Å². The van der Waals surface area contributed by atoms with Crippen LogP contribution in [0.25, 0.3) is 0 Å². The number of rotatable bonds is 4. The van der Waals surface area contributed by atoms with E-state index < -0.39 is 53.7 Å². The fourth-order valence-corrected chi connectivity index (χ4v) is 4.89. The number of aliphatic hydroxyl groups excluding tert-OH is 2. The van der Waals surface area contributed by atoms with Gasteiger partial charge in [-0.25, -0.2) is 8.78 Å². The number of benzene rings is 1. The number of fused-ring (bicyclic) bond motifs is 2. The van der Waals surface area contributed by atoms with E-state index >= 15 is 0 Å². The number of methoxy groups -OCH3 is 1. The molecule has 170 valence electrons. The summed E-state index contributed by atoms with van der Waals surface area (Å²) < 4.78 is 38.4. The van der Waals surface area contributed by atoms with Gasteiger partial charge in [0.2, 0.25) is 0 Å². The summed E-state index contributed by atoms with van der Waals surface area (Å²) in [4.78, 5) is 29.1. The zero-order valence-electron chi connectivity index (χ0n) is 17.0. The SMILES string of the molecule is COC1CC2C3OCCN3C(=O)C3=C(O)C(O)C(C(=O)NCc4ccc(F)cc4F)=C1N32. The number of carbonyl (C=O) groups excluding carboxylic acids is 2. The van der Waals surface area contributed by atoms with Gasteiger partial charge in [0, 0.05) is 38.2 Å². The Morgan fingerprint density at radius 2 is 2.16 bits per heavy atom. The van der Waals surface area contributed by atoms with Crippen molar-refractivity contribution in [1.82, 2.24) is 15.1 Å². The smallest absolute Gasteiger partial charge is 0.276 e. The first-order chi connectivity index (χ1) is 15.3. The van der Waals surface area contributed by atoms with Crippen molar-refractivity contribution in [3.05, 3.63) is 58.1 Å². The van der Waals surface area contributed by atoms with Gasteiger partial charge >= 0.3 is 0 Å². The molecule has 4 aliphatic heterocycles. The highest BCUT2D eigenvalue weighted by molar-refractivity contribution is 6.01. The van der Waals surface area contributed by atoms with E-state index in [2.05, 4.69) is 5.32 Å². The minimum atomic E-state index is -1.77. The molecule has 5 rings (SSSR count). The minimum absolute atomic E-state index is 0.0480. The van der Waals surface area contributed by atoms with Crippen LogP contribution in [0.1, 0.15) is 12.0 Å². The van der Waals surface area contributed by atoms with Crippen LogP contribution in [-0.2, 0) is 25.6 Å². The Bertz CT molecular complexity index is 1070. The fourth-order valence-electron chi connectivity index (χ4n) is 4.89. The molecular weight excluding hydrogens is 428 g/mol. The Labute approximate surface area is 181 Å². The summed E-state index contributed by atoms with van der Waals surface area (Å²) in [5.74, 6) is -3.48. The number of nitrogens with one attached hydrogen (secondary N) is 1. The van der Waals surface area contributed by atoms with E-state index in [1.54, 1.807) is 0 Å². The lowest BCUT2D eigenvalue weighted by Crippen LogP contribution is -2.58. The Hall–Kier alpha value is -3.02. The van der Waals surface area contributed by atoms with Gasteiger partial charge in [-0.05, 0) is 6.07 Å². The molecule has 0 spiro atoms. The number of nitrogens with zero attached hydrogens (tertiary/aromatic N) is 2. The van der Waals surface area contributed by atoms with Crippen LogP contribution in [0.5, 0.6) is 0 Å². The third kappa shape index (κ3) is 2.92. The molecule has 4 aliphatic rings. The molecule has 0 radical (unpaired) electrons. The number of halogens is 2. The number of hydrogen-bond acceptors (Lipinski definition) is 7. The molecule has 1 aromatic carbocycles. The normalized spacial score (nSPS) is 28.9. The summed E-state index contributed by atoms with van der Waals surface area (Å²) >= 11 is 0. The number of piperazine rings is 1. The Balaban J connectivity index is 1.51. The average molecular weight is 449 g/mol. The number of ether oxygens (including phenoxy) is 2. The summed E-state index contributed by atoms with van der Waals surface area (Å²) in [6.45, 7) is 0.421. The molecule has 9 nitrogen and oxygen atoms in total. The summed E-state index contributed by atoms with van der Waals surface area (Å²) in [6, 6.07) is 2.57. The molecule has 32 heavy (non-hydrogen) atoms. The minimum Gasteiger partial charge on any atom is -0.507 e. The first-order valence-corrected chi connectivity index (χ1v) is 10.2. The molecule has 4 heterocycles. The van der Waals surface area contributed by atoms with E-state index in [-0.39, 0.29) is 29.1 Å². The molecule has 0 aromatic heterocycles. The van der Waals surface area contributed by atoms with Gasteiger partial charge in [0.25, 0.3) is 11.8 Å². The van der Waals surface area contributed by atoms with Gasteiger partial charge in [-0.3, -0.25) is 9.59 Å². The summed E-state index contributed by atoms with van der Waals surface area (Å²) in [6.07, 6.45) is -2.61. The van der Waals surface area contributed by atoms with Crippen LogP contribution in [0, 0.1) is 11.6 Å². The molecule has 4 atom stereocenters. The van der Waals surface area contributed by atoms with E-state index in [1.807, 2.05) is 0 Å². The lowest BCUT2D eigenvalue weighted by atomic mass is 9.95. The molecule has 0 bridgehead atoms. The molecule has 0 saturated carbocycles.